The molecule has 0 saturated carbocycles. The van der Waals surface area contributed by atoms with Gasteiger partial charge < -0.3 is 10.2 Å². The maximum atomic E-state index is 8.61. The van der Waals surface area contributed by atoms with Crippen molar-refractivity contribution in [3.05, 3.63) is 11.6 Å². The molecule has 2 heteroatoms. The van der Waals surface area contributed by atoms with Crippen LogP contribution in [-0.2, 0) is 0 Å². The van der Waals surface area contributed by atoms with E-state index >= 15 is 0 Å². The van der Waals surface area contributed by atoms with E-state index in [1.165, 1.54) is 0 Å². The van der Waals surface area contributed by atoms with E-state index < -0.39 is 0 Å². The normalized spacial score (nSPS) is 12.1. The van der Waals surface area contributed by atoms with E-state index in [9.17, 15) is 0 Å². The summed E-state index contributed by atoms with van der Waals surface area (Å²) in [5.74, 6) is 0. The molecule has 0 fully saturated rings. The van der Waals surface area contributed by atoms with Crippen LogP contribution in [0.3, 0.4) is 0 Å². The SMILES string of the molecule is CCCC(=CCO)CO. The standard InChI is InChI=1S/C7H14O2/c1-2-3-7(6-9)4-5-8/h4,8-9H,2-3,5-6H2,1H3. The van der Waals surface area contributed by atoms with Gasteiger partial charge in [0.25, 0.3) is 0 Å². The van der Waals surface area contributed by atoms with Crippen molar-refractivity contribution in [1.29, 1.82) is 0 Å². The topological polar surface area (TPSA) is 40.5 Å². The molecular weight excluding hydrogens is 116 g/mol. The van der Waals surface area contributed by atoms with Gasteiger partial charge in [-0.3, -0.25) is 0 Å². The van der Waals surface area contributed by atoms with Crippen molar-refractivity contribution in [2.24, 2.45) is 0 Å². The van der Waals surface area contributed by atoms with Gasteiger partial charge >= 0.3 is 0 Å². The average molecular weight is 130 g/mol. The van der Waals surface area contributed by atoms with Gasteiger partial charge in [0.15, 0.2) is 0 Å². The van der Waals surface area contributed by atoms with Crippen molar-refractivity contribution < 1.29 is 10.2 Å². The van der Waals surface area contributed by atoms with Crippen LogP contribution in [-0.4, -0.2) is 23.4 Å². The van der Waals surface area contributed by atoms with Gasteiger partial charge in [0, 0.05) is 0 Å². The highest BCUT2D eigenvalue weighted by molar-refractivity contribution is 5.01. The van der Waals surface area contributed by atoms with Crippen molar-refractivity contribution >= 4 is 0 Å². The molecule has 54 valence electrons. The Morgan fingerprint density at radius 1 is 1.44 bits per heavy atom. The lowest BCUT2D eigenvalue weighted by Gasteiger charge is -1.98. The van der Waals surface area contributed by atoms with Crippen molar-refractivity contribution in [3.63, 3.8) is 0 Å². The number of hydrogen-bond acceptors (Lipinski definition) is 2. The van der Waals surface area contributed by atoms with Gasteiger partial charge in [0.1, 0.15) is 0 Å². The fraction of sp³-hybridized carbons (Fsp3) is 0.714. The second kappa shape index (κ2) is 5.79. The number of rotatable bonds is 4. The zero-order chi connectivity index (χ0) is 7.11. The second-order valence-corrected chi connectivity index (χ2v) is 1.95. The molecule has 0 aromatic heterocycles. The van der Waals surface area contributed by atoms with E-state index in [1.807, 2.05) is 6.92 Å². The Morgan fingerprint density at radius 2 is 2.11 bits per heavy atom. The molecule has 0 unspecified atom stereocenters. The number of aliphatic hydroxyl groups is 2. The van der Waals surface area contributed by atoms with Gasteiger partial charge in [-0.05, 0) is 12.0 Å². The summed E-state index contributed by atoms with van der Waals surface area (Å²) < 4.78 is 0. The van der Waals surface area contributed by atoms with Crippen LogP contribution < -0.4 is 0 Å². The Hall–Kier alpha value is -0.340. The molecule has 0 atom stereocenters. The molecule has 0 aliphatic rings. The van der Waals surface area contributed by atoms with Gasteiger partial charge in [-0.2, -0.15) is 0 Å². The van der Waals surface area contributed by atoms with E-state index in [-0.39, 0.29) is 13.2 Å². The molecule has 2 N–H and O–H groups in total. The summed E-state index contributed by atoms with van der Waals surface area (Å²) in [5.41, 5.74) is 0.931. The first kappa shape index (κ1) is 8.66. The molecule has 9 heavy (non-hydrogen) atoms. The van der Waals surface area contributed by atoms with Gasteiger partial charge in [0.2, 0.25) is 0 Å². The third-order valence-corrected chi connectivity index (χ3v) is 1.15. The Balaban J connectivity index is 3.53. The lowest BCUT2D eigenvalue weighted by atomic mass is 10.1. The third-order valence-electron chi connectivity index (χ3n) is 1.15. The summed E-state index contributed by atoms with van der Waals surface area (Å²) in [6.45, 7) is 2.16. The van der Waals surface area contributed by atoms with Crippen LogP contribution in [0.25, 0.3) is 0 Å². The first-order chi connectivity index (χ1) is 4.35. The number of aliphatic hydroxyl groups excluding tert-OH is 2. The highest BCUT2D eigenvalue weighted by Crippen LogP contribution is 2.01. The summed E-state index contributed by atoms with van der Waals surface area (Å²) in [4.78, 5) is 0. The summed E-state index contributed by atoms with van der Waals surface area (Å²) in [6, 6.07) is 0. The molecule has 0 spiro atoms. The van der Waals surface area contributed by atoms with Crippen molar-refractivity contribution in [2.45, 2.75) is 19.8 Å². The fourth-order valence-corrected chi connectivity index (χ4v) is 0.696. The Bertz CT molecular complexity index is 86.9. The summed E-state index contributed by atoms with van der Waals surface area (Å²) in [7, 11) is 0. The Morgan fingerprint density at radius 3 is 2.44 bits per heavy atom. The van der Waals surface area contributed by atoms with E-state index in [0.29, 0.717) is 0 Å². The largest absolute Gasteiger partial charge is 0.392 e. The second-order valence-electron chi connectivity index (χ2n) is 1.95. The minimum Gasteiger partial charge on any atom is -0.392 e. The minimum absolute atomic E-state index is 0.0376. The maximum absolute atomic E-state index is 8.61. The van der Waals surface area contributed by atoms with Crippen molar-refractivity contribution in [1.82, 2.24) is 0 Å². The van der Waals surface area contributed by atoms with Crippen LogP contribution >= 0.6 is 0 Å². The van der Waals surface area contributed by atoms with Crippen LogP contribution in [0.15, 0.2) is 11.6 Å². The van der Waals surface area contributed by atoms with Gasteiger partial charge in [-0.1, -0.05) is 19.4 Å². The molecule has 0 aromatic carbocycles. The number of hydrogen-bond donors (Lipinski definition) is 2. The lowest BCUT2D eigenvalue weighted by Crippen LogP contribution is -1.91. The van der Waals surface area contributed by atoms with E-state index in [1.54, 1.807) is 6.08 Å². The highest BCUT2D eigenvalue weighted by atomic mass is 16.3. The van der Waals surface area contributed by atoms with Crippen LogP contribution in [0.4, 0.5) is 0 Å². The first-order valence-electron chi connectivity index (χ1n) is 3.24. The lowest BCUT2D eigenvalue weighted by molar-refractivity contribution is 0.315. The predicted octanol–water partition coefficient (Wildman–Crippen LogP) is 0.698. The third kappa shape index (κ3) is 4.18. The molecule has 0 aliphatic heterocycles. The quantitative estimate of drug-likeness (QED) is 0.550. The Labute approximate surface area is 55.8 Å². The molecule has 0 amide bonds. The first-order valence-corrected chi connectivity index (χ1v) is 3.24. The van der Waals surface area contributed by atoms with E-state index in [4.69, 9.17) is 10.2 Å². The molecule has 0 rings (SSSR count). The van der Waals surface area contributed by atoms with Crippen LogP contribution in [0, 0.1) is 0 Å². The zero-order valence-corrected chi connectivity index (χ0v) is 5.80. The maximum Gasteiger partial charge on any atom is 0.0642 e. The molecule has 0 radical (unpaired) electrons. The molecule has 0 saturated heterocycles. The van der Waals surface area contributed by atoms with Crippen LogP contribution in [0.1, 0.15) is 19.8 Å². The molecule has 0 aliphatic carbocycles. The van der Waals surface area contributed by atoms with Crippen molar-refractivity contribution in [2.75, 3.05) is 13.2 Å². The Kier molecular flexibility index (Phi) is 5.57. The van der Waals surface area contributed by atoms with E-state index in [0.717, 1.165) is 18.4 Å². The predicted molar refractivity (Wildman–Crippen MR) is 37.2 cm³/mol. The summed E-state index contributed by atoms with van der Waals surface area (Å²) in [5, 5.41) is 17.0. The highest BCUT2D eigenvalue weighted by Gasteiger charge is 1.90. The van der Waals surface area contributed by atoms with Crippen LogP contribution in [0.5, 0.6) is 0 Å². The molecule has 2 nitrogen and oxygen atoms in total. The monoisotopic (exact) mass is 130 g/mol. The minimum atomic E-state index is 0.0376. The van der Waals surface area contributed by atoms with Crippen molar-refractivity contribution in [3.8, 4) is 0 Å². The zero-order valence-electron chi connectivity index (χ0n) is 5.80. The van der Waals surface area contributed by atoms with Gasteiger partial charge in [-0.15, -0.1) is 0 Å². The summed E-state index contributed by atoms with van der Waals surface area (Å²) >= 11 is 0. The van der Waals surface area contributed by atoms with Gasteiger partial charge in [0.05, 0.1) is 13.2 Å². The molecule has 0 heterocycles. The van der Waals surface area contributed by atoms with Gasteiger partial charge in [-0.25, -0.2) is 0 Å². The van der Waals surface area contributed by atoms with E-state index in [2.05, 4.69) is 0 Å². The van der Waals surface area contributed by atoms with Crippen LogP contribution in [0.2, 0.25) is 0 Å². The molecule has 0 aromatic rings. The molecule has 0 bridgehead atoms. The average Bonchev–Trinajstić information content (AvgIpc) is 1.88. The summed E-state index contributed by atoms with van der Waals surface area (Å²) in [6.07, 6.45) is 3.56. The smallest absolute Gasteiger partial charge is 0.0642 e. The molecular formula is C7H14O2. The fourth-order valence-electron chi connectivity index (χ4n) is 0.696.